The zero-order valence-corrected chi connectivity index (χ0v) is 10.7. The lowest BCUT2D eigenvalue weighted by Crippen LogP contribution is -1.93. The van der Waals surface area contributed by atoms with Gasteiger partial charge in [0.2, 0.25) is 0 Å². The second-order valence-electron chi connectivity index (χ2n) is 3.17. The van der Waals surface area contributed by atoms with E-state index in [0.29, 0.717) is 11.1 Å². The predicted molar refractivity (Wildman–Crippen MR) is 65.0 cm³/mol. The molecule has 1 aliphatic heterocycles. The molecule has 17 heavy (non-hydrogen) atoms. The van der Waals surface area contributed by atoms with E-state index in [9.17, 15) is 9.59 Å². The fraction of sp³-hybridized carbons (Fsp3) is 0.500. The van der Waals surface area contributed by atoms with Gasteiger partial charge in [-0.3, -0.25) is 0 Å². The summed E-state index contributed by atoms with van der Waals surface area (Å²) in [4.78, 5) is 19.7. The monoisotopic (exact) mass is 244 g/mol. The highest BCUT2D eigenvalue weighted by atomic mass is 16.6. The van der Waals surface area contributed by atoms with E-state index in [-0.39, 0.29) is 0 Å². The molecule has 1 fully saturated rings. The van der Waals surface area contributed by atoms with Crippen LogP contribution in [0.1, 0.15) is 27.7 Å². The molecule has 0 aromatic heterocycles. The molecular weight excluding hydrogens is 224 g/mol. The van der Waals surface area contributed by atoms with Crippen LogP contribution in [0.4, 0.5) is 0 Å². The van der Waals surface area contributed by atoms with Crippen LogP contribution in [0.3, 0.4) is 0 Å². The number of ether oxygens (including phenoxy) is 1. The number of carboxylic acids is 2. The second kappa shape index (κ2) is 10.9. The Morgan fingerprint density at radius 1 is 0.941 bits per heavy atom. The Morgan fingerprint density at radius 3 is 1.18 bits per heavy atom. The number of epoxide rings is 1. The van der Waals surface area contributed by atoms with Crippen molar-refractivity contribution in [2.45, 2.75) is 27.7 Å². The van der Waals surface area contributed by atoms with Crippen LogP contribution in [0.15, 0.2) is 23.3 Å². The molecule has 0 aliphatic carbocycles. The molecular formula is C12H20O5. The van der Waals surface area contributed by atoms with E-state index >= 15 is 0 Å². The van der Waals surface area contributed by atoms with Gasteiger partial charge in [-0.25, -0.2) is 9.59 Å². The summed E-state index contributed by atoms with van der Waals surface area (Å²) >= 11 is 0. The molecule has 0 saturated carbocycles. The molecule has 1 aliphatic rings. The molecule has 0 aromatic rings. The van der Waals surface area contributed by atoms with E-state index in [0.717, 1.165) is 13.2 Å². The van der Waals surface area contributed by atoms with Gasteiger partial charge in [0.05, 0.1) is 13.2 Å². The third kappa shape index (κ3) is 17.0. The van der Waals surface area contributed by atoms with Crippen LogP contribution >= 0.6 is 0 Å². The zero-order valence-electron chi connectivity index (χ0n) is 10.7. The van der Waals surface area contributed by atoms with Crippen LogP contribution in [0, 0.1) is 0 Å². The van der Waals surface area contributed by atoms with E-state index in [2.05, 4.69) is 4.74 Å². The van der Waals surface area contributed by atoms with Gasteiger partial charge in [0.15, 0.2) is 0 Å². The molecule has 98 valence electrons. The third-order valence-corrected chi connectivity index (χ3v) is 1.74. The van der Waals surface area contributed by atoms with Gasteiger partial charge in [0, 0.05) is 11.1 Å². The van der Waals surface area contributed by atoms with Gasteiger partial charge >= 0.3 is 11.9 Å². The van der Waals surface area contributed by atoms with Crippen molar-refractivity contribution in [3.63, 3.8) is 0 Å². The van der Waals surface area contributed by atoms with Crippen molar-refractivity contribution >= 4 is 11.9 Å². The quantitative estimate of drug-likeness (QED) is 0.573. The van der Waals surface area contributed by atoms with Crippen molar-refractivity contribution in [1.29, 1.82) is 0 Å². The van der Waals surface area contributed by atoms with Crippen molar-refractivity contribution in [2.24, 2.45) is 0 Å². The normalized spacial score (nSPS) is 13.6. The van der Waals surface area contributed by atoms with E-state index in [4.69, 9.17) is 10.2 Å². The number of carbonyl (C=O) groups is 2. The lowest BCUT2D eigenvalue weighted by molar-refractivity contribution is -0.133. The first-order chi connectivity index (χ1) is 7.86. The lowest BCUT2D eigenvalue weighted by Gasteiger charge is -1.84. The molecule has 0 aromatic carbocycles. The van der Waals surface area contributed by atoms with Crippen LogP contribution in [0.25, 0.3) is 0 Å². The Bertz CT molecular complexity index is 269. The summed E-state index contributed by atoms with van der Waals surface area (Å²) in [5, 5.41) is 16.2. The number of aliphatic carboxylic acids is 2. The molecule has 0 unspecified atom stereocenters. The number of carboxylic acid groups (broad SMARTS) is 2. The summed E-state index contributed by atoms with van der Waals surface area (Å²) < 4.78 is 4.50. The van der Waals surface area contributed by atoms with E-state index in [1.807, 2.05) is 0 Å². The van der Waals surface area contributed by atoms with Gasteiger partial charge in [0.25, 0.3) is 0 Å². The largest absolute Gasteiger partial charge is 0.478 e. The Morgan fingerprint density at radius 2 is 1.18 bits per heavy atom. The highest BCUT2D eigenvalue weighted by molar-refractivity contribution is 5.85. The molecule has 2 N–H and O–H groups in total. The van der Waals surface area contributed by atoms with Crippen molar-refractivity contribution in [1.82, 2.24) is 0 Å². The highest BCUT2D eigenvalue weighted by Crippen LogP contribution is 1.88. The number of hydrogen-bond donors (Lipinski definition) is 2. The smallest absolute Gasteiger partial charge is 0.330 e. The Hall–Kier alpha value is -1.62. The van der Waals surface area contributed by atoms with Crippen LogP contribution in [-0.4, -0.2) is 35.4 Å². The van der Waals surface area contributed by atoms with Crippen LogP contribution in [0.2, 0.25) is 0 Å². The molecule has 0 spiro atoms. The Kier molecular flexibility index (Phi) is 11.4. The number of allylic oxidation sites excluding steroid dienone is 2. The molecule has 1 heterocycles. The zero-order chi connectivity index (χ0) is 13.8. The minimum absolute atomic E-state index is 0.389. The van der Waals surface area contributed by atoms with E-state index in [1.165, 1.54) is 0 Å². The summed E-state index contributed by atoms with van der Waals surface area (Å²) in [6, 6.07) is 0. The van der Waals surface area contributed by atoms with Gasteiger partial charge < -0.3 is 14.9 Å². The van der Waals surface area contributed by atoms with Gasteiger partial charge in [-0.2, -0.15) is 0 Å². The van der Waals surface area contributed by atoms with Crippen LogP contribution in [-0.2, 0) is 14.3 Å². The minimum Gasteiger partial charge on any atom is -0.478 e. The maximum atomic E-state index is 9.86. The molecule has 0 atom stereocenters. The minimum atomic E-state index is -0.845. The maximum Gasteiger partial charge on any atom is 0.330 e. The number of rotatable bonds is 2. The second-order valence-corrected chi connectivity index (χ2v) is 3.17. The summed E-state index contributed by atoms with van der Waals surface area (Å²) in [5.74, 6) is -1.69. The molecule has 0 bridgehead atoms. The van der Waals surface area contributed by atoms with Crippen LogP contribution in [0.5, 0.6) is 0 Å². The van der Waals surface area contributed by atoms with Gasteiger partial charge in [0.1, 0.15) is 0 Å². The topological polar surface area (TPSA) is 87.1 Å². The highest BCUT2D eigenvalue weighted by Gasteiger charge is 1.94. The summed E-state index contributed by atoms with van der Waals surface area (Å²) in [5.41, 5.74) is 0.778. The summed E-state index contributed by atoms with van der Waals surface area (Å²) in [6.45, 7) is 8.51. The van der Waals surface area contributed by atoms with Crippen molar-refractivity contribution in [3.8, 4) is 0 Å². The van der Waals surface area contributed by atoms with Gasteiger partial charge in [-0.15, -0.1) is 0 Å². The average Bonchev–Trinajstić information content (AvgIpc) is 3.14. The molecule has 0 amide bonds. The summed E-state index contributed by atoms with van der Waals surface area (Å²) in [6.07, 6.45) is 3.12. The lowest BCUT2D eigenvalue weighted by atomic mass is 10.3. The first-order valence-electron chi connectivity index (χ1n) is 5.16. The summed E-state index contributed by atoms with van der Waals surface area (Å²) in [7, 11) is 0. The fourth-order valence-corrected chi connectivity index (χ4v) is 0.247. The molecule has 0 radical (unpaired) electrons. The SMILES string of the molecule is C/C=C(\C)C(=O)O.C/C=C(\C)C(=O)O.C1CO1. The maximum absolute atomic E-state index is 9.86. The number of hydrogen-bond acceptors (Lipinski definition) is 3. The van der Waals surface area contributed by atoms with E-state index < -0.39 is 11.9 Å². The molecule has 1 saturated heterocycles. The van der Waals surface area contributed by atoms with Gasteiger partial charge in [-0.05, 0) is 27.7 Å². The Labute approximate surface area is 101 Å². The van der Waals surface area contributed by atoms with Gasteiger partial charge in [-0.1, -0.05) is 12.2 Å². The first kappa shape index (κ1) is 17.8. The third-order valence-electron chi connectivity index (χ3n) is 1.74. The molecule has 1 rings (SSSR count). The predicted octanol–water partition coefficient (Wildman–Crippen LogP) is 2.09. The fourth-order valence-electron chi connectivity index (χ4n) is 0.247. The van der Waals surface area contributed by atoms with Crippen molar-refractivity contribution in [2.75, 3.05) is 13.2 Å². The molecule has 5 nitrogen and oxygen atoms in total. The average molecular weight is 244 g/mol. The molecule has 5 heteroatoms. The van der Waals surface area contributed by atoms with Crippen molar-refractivity contribution in [3.05, 3.63) is 23.3 Å². The standard InChI is InChI=1S/2C5H8O2.C2H4O/c2*1-3-4(2)5(6)7;1-2-3-1/h2*3H,1-2H3,(H,6,7);1-2H2/b2*4-3+;. The van der Waals surface area contributed by atoms with Crippen molar-refractivity contribution < 1.29 is 24.5 Å². The Balaban J connectivity index is 0. The van der Waals surface area contributed by atoms with E-state index in [1.54, 1.807) is 39.8 Å². The van der Waals surface area contributed by atoms with Crippen LogP contribution < -0.4 is 0 Å². The first-order valence-corrected chi connectivity index (χ1v) is 5.16.